The van der Waals surface area contributed by atoms with Crippen LogP contribution in [-0.4, -0.2) is 34.7 Å². The van der Waals surface area contributed by atoms with Crippen LogP contribution in [0.3, 0.4) is 0 Å². The van der Waals surface area contributed by atoms with Gasteiger partial charge in [-0.2, -0.15) is 5.10 Å². The fourth-order valence-corrected chi connectivity index (χ4v) is 5.15. The number of hydrogen-bond acceptors (Lipinski definition) is 5. The van der Waals surface area contributed by atoms with Crippen molar-refractivity contribution in [1.82, 2.24) is 9.78 Å². The Morgan fingerprint density at radius 1 is 1.03 bits per heavy atom. The van der Waals surface area contributed by atoms with Gasteiger partial charge in [-0.05, 0) is 57.1 Å². The number of hydrogen-bond donors (Lipinski definition) is 0. The molecule has 32 heavy (non-hydrogen) atoms. The molecule has 0 saturated carbocycles. The Labute approximate surface area is 193 Å². The van der Waals surface area contributed by atoms with E-state index in [1.807, 2.05) is 10.9 Å². The van der Waals surface area contributed by atoms with Gasteiger partial charge in [-0.25, -0.2) is 4.68 Å². The minimum atomic E-state index is -0.419. The lowest BCUT2D eigenvalue weighted by Gasteiger charge is -2.32. The van der Waals surface area contributed by atoms with E-state index in [9.17, 15) is 0 Å². The first kappa shape index (κ1) is 21.6. The summed E-state index contributed by atoms with van der Waals surface area (Å²) in [5.74, 6) is 0. The molecule has 166 valence electrons. The maximum Gasteiger partial charge on any atom is 0.494 e. The smallest absolute Gasteiger partial charge is 0.399 e. The van der Waals surface area contributed by atoms with E-state index in [1.54, 1.807) is 11.3 Å². The van der Waals surface area contributed by atoms with E-state index < -0.39 is 7.12 Å². The fraction of sp³-hybridized carbons (Fsp3) is 0.400. The highest BCUT2D eigenvalue weighted by Crippen LogP contribution is 2.39. The van der Waals surface area contributed by atoms with E-state index >= 15 is 0 Å². The molecule has 5 nitrogen and oxygen atoms in total. The summed E-state index contributed by atoms with van der Waals surface area (Å²) < 4.78 is 21.8. The molecule has 0 bridgehead atoms. The van der Waals surface area contributed by atoms with E-state index in [1.165, 1.54) is 15.0 Å². The Bertz CT molecular complexity index is 1230. The summed E-state index contributed by atoms with van der Waals surface area (Å²) in [5.41, 5.74) is 2.45. The van der Waals surface area contributed by atoms with Crippen LogP contribution in [0.15, 0.2) is 48.7 Å². The summed E-state index contributed by atoms with van der Waals surface area (Å²) in [4.78, 5) is 1.20. The number of aromatic nitrogens is 2. The molecule has 5 rings (SSSR count). The third kappa shape index (κ3) is 3.67. The Morgan fingerprint density at radius 3 is 2.50 bits per heavy atom. The van der Waals surface area contributed by atoms with Crippen molar-refractivity contribution in [3.8, 4) is 10.4 Å². The van der Waals surface area contributed by atoms with Crippen molar-refractivity contribution in [2.45, 2.75) is 59.0 Å². The van der Waals surface area contributed by atoms with Gasteiger partial charge in [0.05, 0.1) is 22.9 Å². The molecule has 0 radical (unpaired) electrons. The van der Waals surface area contributed by atoms with Gasteiger partial charge in [-0.3, -0.25) is 0 Å². The van der Waals surface area contributed by atoms with Crippen molar-refractivity contribution in [3.05, 3.63) is 48.7 Å². The zero-order valence-electron chi connectivity index (χ0n) is 19.3. The molecule has 3 heterocycles. The van der Waals surface area contributed by atoms with Crippen LogP contribution < -0.4 is 5.46 Å². The average molecular weight is 448 g/mol. The number of rotatable bonds is 6. The first-order valence-corrected chi connectivity index (χ1v) is 12.0. The van der Waals surface area contributed by atoms with Gasteiger partial charge in [-0.15, -0.1) is 11.3 Å². The molecule has 2 aromatic heterocycles. The zero-order chi connectivity index (χ0) is 22.5. The Morgan fingerprint density at radius 2 is 1.78 bits per heavy atom. The van der Waals surface area contributed by atoms with Crippen molar-refractivity contribution in [1.29, 1.82) is 0 Å². The van der Waals surface area contributed by atoms with Crippen LogP contribution in [0.4, 0.5) is 0 Å². The van der Waals surface area contributed by atoms with E-state index in [0.29, 0.717) is 13.3 Å². The standard InChI is InChI=1S/C25H29BN2O3S/c1-6-11-29-16-28-23-18(15-27-28)12-19(26-30-24(2,3)25(4,5)31-26)14-20(23)22-13-17-9-7-8-10-21(17)32-22/h7-10,12-15H,6,11,16H2,1-5H3. The van der Waals surface area contributed by atoms with Gasteiger partial charge in [0.2, 0.25) is 0 Å². The summed E-state index contributed by atoms with van der Waals surface area (Å²) in [7, 11) is -0.419. The molecular formula is C25H29BN2O3S. The van der Waals surface area contributed by atoms with Crippen molar-refractivity contribution >= 4 is 44.9 Å². The van der Waals surface area contributed by atoms with Crippen LogP contribution in [0, 0.1) is 0 Å². The molecule has 1 aliphatic rings. The molecule has 1 aliphatic heterocycles. The maximum atomic E-state index is 6.36. The first-order chi connectivity index (χ1) is 15.3. The molecule has 0 N–H and O–H groups in total. The first-order valence-electron chi connectivity index (χ1n) is 11.2. The molecule has 1 saturated heterocycles. The largest absolute Gasteiger partial charge is 0.494 e. The second kappa shape index (κ2) is 7.99. The van der Waals surface area contributed by atoms with Crippen LogP contribution in [0.1, 0.15) is 41.0 Å². The van der Waals surface area contributed by atoms with Crippen LogP contribution in [0.2, 0.25) is 0 Å². The van der Waals surface area contributed by atoms with Gasteiger partial charge in [-0.1, -0.05) is 37.3 Å². The highest BCUT2D eigenvalue weighted by Gasteiger charge is 2.51. The summed E-state index contributed by atoms with van der Waals surface area (Å²) in [5, 5.41) is 6.95. The van der Waals surface area contributed by atoms with Crippen LogP contribution in [0.25, 0.3) is 31.4 Å². The van der Waals surface area contributed by atoms with E-state index in [-0.39, 0.29) is 11.2 Å². The normalized spacial score (nSPS) is 17.6. The van der Waals surface area contributed by atoms with Gasteiger partial charge in [0.1, 0.15) is 6.73 Å². The number of nitrogens with zero attached hydrogens (tertiary/aromatic N) is 2. The quantitative estimate of drug-likeness (QED) is 0.285. The summed E-state index contributed by atoms with van der Waals surface area (Å²) in [6.07, 6.45) is 2.89. The van der Waals surface area contributed by atoms with Crippen molar-refractivity contribution in [2.24, 2.45) is 0 Å². The lowest BCUT2D eigenvalue weighted by atomic mass is 9.77. The Balaban J connectivity index is 1.65. The van der Waals surface area contributed by atoms with Crippen LogP contribution >= 0.6 is 11.3 Å². The summed E-state index contributed by atoms with van der Waals surface area (Å²) in [6, 6.07) is 15.1. The van der Waals surface area contributed by atoms with Gasteiger partial charge in [0.15, 0.2) is 0 Å². The Kier molecular flexibility index (Phi) is 5.41. The van der Waals surface area contributed by atoms with E-state index in [2.05, 4.69) is 82.2 Å². The number of ether oxygens (including phenoxy) is 1. The molecule has 0 unspecified atom stereocenters. The molecule has 0 amide bonds. The third-order valence-corrected chi connectivity index (χ3v) is 7.68. The molecule has 2 aromatic carbocycles. The number of fused-ring (bicyclic) bond motifs is 2. The van der Waals surface area contributed by atoms with Crippen molar-refractivity contribution in [3.63, 3.8) is 0 Å². The molecular weight excluding hydrogens is 419 g/mol. The van der Waals surface area contributed by atoms with Crippen LogP contribution in [0.5, 0.6) is 0 Å². The van der Waals surface area contributed by atoms with E-state index in [4.69, 9.17) is 14.0 Å². The predicted molar refractivity (Wildman–Crippen MR) is 133 cm³/mol. The number of benzene rings is 2. The van der Waals surface area contributed by atoms with Gasteiger partial charge >= 0.3 is 7.12 Å². The highest BCUT2D eigenvalue weighted by molar-refractivity contribution is 7.22. The topological polar surface area (TPSA) is 45.5 Å². The molecule has 4 aromatic rings. The molecule has 1 fully saturated rings. The second-order valence-electron chi connectivity index (χ2n) is 9.42. The lowest BCUT2D eigenvalue weighted by molar-refractivity contribution is 0.00578. The van der Waals surface area contributed by atoms with Crippen molar-refractivity contribution in [2.75, 3.05) is 6.61 Å². The average Bonchev–Trinajstić information content (AvgIpc) is 3.41. The Hall–Kier alpha value is -2.19. The van der Waals surface area contributed by atoms with E-state index in [0.717, 1.165) is 28.4 Å². The van der Waals surface area contributed by atoms with Crippen molar-refractivity contribution < 1.29 is 14.0 Å². The van der Waals surface area contributed by atoms with Gasteiger partial charge < -0.3 is 14.0 Å². The summed E-state index contributed by atoms with van der Waals surface area (Å²) >= 11 is 1.79. The predicted octanol–water partition coefficient (Wildman–Crippen LogP) is 5.60. The third-order valence-electron chi connectivity index (χ3n) is 6.53. The molecule has 0 aliphatic carbocycles. The zero-order valence-corrected chi connectivity index (χ0v) is 20.2. The highest BCUT2D eigenvalue weighted by atomic mass is 32.1. The van der Waals surface area contributed by atoms with Gasteiger partial charge in [0.25, 0.3) is 0 Å². The molecule has 7 heteroatoms. The minimum Gasteiger partial charge on any atom is -0.399 e. The molecule has 0 spiro atoms. The minimum absolute atomic E-state index is 0.386. The van der Waals surface area contributed by atoms with Crippen LogP contribution in [-0.2, 0) is 20.8 Å². The number of thiophene rings is 1. The monoisotopic (exact) mass is 448 g/mol. The van der Waals surface area contributed by atoms with Gasteiger partial charge in [0, 0.05) is 27.1 Å². The molecule has 0 atom stereocenters. The maximum absolute atomic E-state index is 6.36. The lowest BCUT2D eigenvalue weighted by Crippen LogP contribution is -2.41. The SMILES string of the molecule is CCCOCn1ncc2cc(B3OC(C)(C)C(C)(C)O3)cc(-c3cc4ccccc4s3)c21. The fourth-order valence-electron chi connectivity index (χ4n) is 4.07. The summed E-state index contributed by atoms with van der Waals surface area (Å²) in [6.45, 7) is 11.6. The second-order valence-corrected chi connectivity index (χ2v) is 10.5.